The largest absolute Gasteiger partial charge is 0.394 e. The van der Waals surface area contributed by atoms with Crippen molar-refractivity contribution in [2.24, 2.45) is 21.8 Å². The van der Waals surface area contributed by atoms with Crippen molar-refractivity contribution in [3.05, 3.63) is 71.8 Å². The monoisotopic (exact) mass is 670 g/mol. The van der Waals surface area contributed by atoms with Gasteiger partial charge < -0.3 is 38.6 Å². The summed E-state index contributed by atoms with van der Waals surface area (Å²) in [6.45, 7) is 5.14. The van der Waals surface area contributed by atoms with Gasteiger partial charge in [-0.25, -0.2) is 0 Å². The van der Waals surface area contributed by atoms with E-state index in [9.17, 15) is 9.90 Å². The first-order valence-corrected chi connectivity index (χ1v) is 17.5. The molecule has 12 heteroatoms. The maximum atomic E-state index is 11.4. The fourth-order valence-electron chi connectivity index (χ4n) is 5.89. The molecule has 250 valence electrons. The number of aliphatic imine (C=N–C) groups is 2. The number of aldehydes is 1. The zero-order chi connectivity index (χ0) is 32.8. The van der Waals surface area contributed by atoms with Crippen LogP contribution in [0.3, 0.4) is 0 Å². The SMILES string of the molecule is C[C@H]1[C@H](OCc2ccccc2)[C@H]2N=C(N(C)C)S[C@H]2O[C@@H]1C=O.C[C@H]1[C@H](OCc2ccccc2)[C@H]2N=C(N(C)C)S[C@H]2O[C@@H]1CO. The highest BCUT2D eigenvalue weighted by atomic mass is 32.2. The Kier molecular flexibility index (Phi) is 12.2. The summed E-state index contributed by atoms with van der Waals surface area (Å²) >= 11 is 3.18. The fraction of sp³-hybridized carbons (Fsp3) is 0.559. The highest BCUT2D eigenvalue weighted by molar-refractivity contribution is 8.14. The van der Waals surface area contributed by atoms with Gasteiger partial charge in [-0.2, -0.15) is 0 Å². The summed E-state index contributed by atoms with van der Waals surface area (Å²) in [5.41, 5.74) is 2.03. The number of aliphatic hydroxyl groups excluding tert-OH is 1. The zero-order valence-corrected chi connectivity index (χ0v) is 29.0. The predicted octanol–water partition coefficient (Wildman–Crippen LogP) is 4.12. The number of fused-ring (bicyclic) bond motifs is 2. The minimum Gasteiger partial charge on any atom is -0.394 e. The van der Waals surface area contributed by atoms with Crippen molar-refractivity contribution >= 4 is 40.1 Å². The molecule has 2 fully saturated rings. The summed E-state index contributed by atoms with van der Waals surface area (Å²) in [6.07, 6.45) is 0.0428. The van der Waals surface area contributed by atoms with Gasteiger partial charge in [-0.15, -0.1) is 0 Å². The summed E-state index contributed by atoms with van der Waals surface area (Å²) in [5, 5.41) is 11.5. The molecule has 0 amide bonds. The molecule has 4 aliphatic heterocycles. The van der Waals surface area contributed by atoms with E-state index in [0.717, 1.165) is 27.7 Å². The van der Waals surface area contributed by atoms with E-state index in [1.165, 1.54) is 0 Å². The second-order valence-electron chi connectivity index (χ2n) is 12.4. The molecular formula is C34H46N4O6S2. The minimum atomic E-state index is -0.443. The molecule has 10 atom stereocenters. The average Bonchev–Trinajstić information content (AvgIpc) is 3.70. The number of benzene rings is 2. The second-order valence-corrected chi connectivity index (χ2v) is 14.5. The van der Waals surface area contributed by atoms with E-state index >= 15 is 0 Å². The van der Waals surface area contributed by atoms with Crippen LogP contribution in [0, 0.1) is 11.8 Å². The first kappa shape index (κ1) is 34.9. The Labute approximate surface area is 280 Å². The van der Waals surface area contributed by atoms with E-state index in [0.29, 0.717) is 13.2 Å². The number of ether oxygens (including phenoxy) is 4. The van der Waals surface area contributed by atoms with Gasteiger partial charge in [-0.05, 0) is 11.1 Å². The number of rotatable bonds is 8. The van der Waals surface area contributed by atoms with Gasteiger partial charge in [0.15, 0.2) is 10.3 Å². The van der Waals surface area contributed by atoms with Crippen LogP contribution in [0.5, 0.6) is 0 Å². The Morgan fingerprint density at radius 2 is 1.22 bits per heavy atom. The number of aliphatic hydroxyl groups is 1. The Hall–Kier alpha value is -2.45. The number of thioether (sulfide) groups is 2. The Bertz CT molecular complexity index is 1330. The molecule has 0 unspecified atom stereocenters. The van der Waals surface area contributed by atoms with Crippen molar-refractivity contribution < 1.29 is 28.8 Å². The van der Waals surface area contributed by atoms with Gasteiger partial charge in [0, 0.05) is 40.0 Å². The van der Waals surface area contributed by atoms with E-state index in [2.05, 4.69) is 19.1 Å². The van der Waals surface area contributed by atoms with Crippen LogP contribution in [-0.2, 0) is 37.0 Å². The van der Waals surface area contributed by atoms with Gasteiger partial charge in [0.2, 0.25) is 0 Å². The fourth-order valence-corrected chi connectivity index (χ4v) is 8.19. The third-order valence-electron chi connectivity index (χ3n) is 8.58. The third kappa shape index (κ3) is 8.15. The van der Waals surface area contributed by atoms with Gasteiger partial charge >= 0.3 is 0 Å². The lowest BCUT2D eigenvalue weighted by Crippen LogP contribution is -2.52. The molecule has 10 nitrogen and oxygen atoms in total. The van der Waals surface area contributed by atoms with Crippen molar-refractivity contribution in [2.75, 3.05) is 34.8 Å². The molecule has 0 radical (unpaired) electrons. The molecule has 0 saturated carbocycles. The van der Waals surface area contributed by atoms with Crippen LogP contribution < -0.4 is 0 Å². The van der Waals surface area contributed by atoms with Crippen LogP contribution in [0.2, 0.25) is 0 Å². The normalized spacial score (nSPS) is 33.1. The molecule has 0 bridgehead atoms. The van der Waals surface area contributed by atoms with Crippen molar-refractivity contribution in [3.8, 4) is 0 Å². The van der Waals surface area contributed by atoms with Crippen LogP contribution in [0.15, 0.2) is 70.6 Å². The van der Waals surface area contributed by atoms with Crippen LogP contribution in [0.25, 0.3) is 0 Å². The first-order valence-electron chi connectivity index (χ1n) is 15.7. The summed E-state index contributed by atoms with van der Waals surface area (Å²) in [6, 6.07) is 20.1. The summed E-state index contributed by atoms with van der Waals surface area (Å²) < 4.78 is 24.3. The molecule has 46 heavy (non-hydrogen) atoms. The lowest BCUT2D eigenvalue weighted by atomic mass is 9.90. The number of hydrogen-bond acceptors (Lipinski definition) is 12. The van der Waals surface area contributed by atoms with E-state index in [1.807, 2.05) is 93.4 Å². The highest BCUT2D eigenvalue weighted by Gasteiger charge is 2.49. The van der Waals surface area contributed by atoms with Gasteiger partial charge in [0.1, 0.15) is 35.3 Å². The quantitative estimate of drug-likeness (QED) is 0.413. The van der Waals surface area contributed by atoms with Crippen LogP contribution in [0.1, 0.15) is 25.0 Å². The maximum Gasteiger partial charge on any atom is 0.161 e. The molecule has 4 heterocycles. The Morgan fingerprint density at radius 3 is 1.65 bits per heavy atom. The van der Waals surface area contributed by atoms with Crippen molar-refractivity contribution in [1.29, 1.82) is 0 Å². The van der Waals surface area contributed by atoms with E-state index in [-0.39, 0.29) is 59.7 Å². The maximum absolute atomic E-state index is 11.4. The average molecular weight is 671 g/mol. The molecule has 0 spiro atoms. The van der Waals surface area contributed by atoms with Crippen molar-refractivity contribution in [3.63, 3.8) is 0 Å². The van der Waals surface area contributed by atoms with Gasteiger partial charge in [-0.3, -0.25) is 9.98 Å². The number of carbonyl (C=O) groups is 1. The van der Waals surface area contributed by atoms with Crippen LogP contribution in [-0.4, -0.2) is 114 Å². The highest BCUT2D eigenvalue weighted by Crippen LogP contribution is 2.41. The summed E-state index contributed by atoms with van der Waals surface area (Å²) in [5.74, 6) is 0.0687. The Balaban J connectivity index is 0.000000181. The van der Waals surface area contributed by atoms with Crippen molar-refractivity contribution in [1.82, 2.24) is 9.80 Å². The van der Waals surface area contributed by atoms with Crippen LogP contribution >= 0.6 is 23.5 Å². The van der Waals surface area contributed by atoms with Crippen LogP contribution in [0.4, 0.5) is 0 Å². The molecule has 2 saturated heterocycles. The molecular weight excluding hydrogens is 625 g/mol. The molecule has 1 N–H and O–H groups in total. The predicted molar refractivity (Wildman–Crippen MR) is 184 cm³/mol. The summed E-state index contributed by atoms with van der Waals surface area (Å²) in [4.78, 5) is 24.9. The number of nitrogens with zero attached hydrogens (tertiary/aromatic N) is 4. The smallest absolute Gasteiger partial charge is 0.161 e. The second kappa shape index (κ2) is 16.1. The van der Waals surface area contributed by atoms with Gasteiger partial charge in [-0.1, -0.05) is 98.0 Å². The van der Waals surface area contributed by atoms with E-state index < -0.39 is 6.10 Å². The van der Waals surface area contributed by atoms with Gasteiger partial charge in [0.25, 0.3) is 0 Å². The first-order chi connectivity index (χ1) is 22.2. The molecule has 0 aromatic heterocycles. The topological polar surface area (TPSA) is 105 Å². The third-order valence-corrected chi connectivity index (χ3v) is 11.2. The Morgan fingerprint density at radius 1 is 0.761 bits per heavy atom. The molecule has 2 aromatic rings. The van der Waals surface area contributed by atoms with E-state index in [4.69, 9.17) is 28.9 Å². The summed E-state index contributed by atoms with van der Waals surface area (Å²) in [7, 11) is 7.89. The molecule has 0 aliphatic carbocycles. The zero-order valence-electron chi connectivity index (χ0n) is 27.3. The van der Waals surface area contributed by atoms with Gasteiger partial charge in [0.05, 0.1) is 38.1 Å². The minimum absolute atomic E-state index is 0.00738. The number of hydrogen-bond donors (Lipinski definition) is 1. The number of carbonyl (C=O) groups excluding carboxylic acids is 1. The van der Waals surface area contributed by atoms with E-state index in [1.54, 1.807) is 23.5 Å². The molecule has 2 aromatic carbocycles. The molecule has 6 rings (SSSR count). The lowest BCUT2D eigenvalue weighted by Gasteiger charge is -2.41. The van der Waals surface area contributed by atoms with Crippen molar-refractivity contribution in [2.45, 2.75) is 74.4 Å². The standard InChI is InChI=1S/C17H24N2O3S.C17H22N2O3S/c2*1-11-13(9-20)22-16-14(18-17(23-16)19(2)3)15(11)21-10-12-7-5-4-6-8-12/h4-8,11,13-16,20H,9-10H2,1-3H3;4-9,11,13-16H,10H2,1-3H3/t2*11-,13-,14-,15+,16-/m11/s1. The number of amidine groups is 2. The molecule has 4 aliphatic rings. The lowest BCUT2D eigenvalue weighted by molar-refractivity contribution is -0.150.